The van der Waals surface area contributed by atoms with Gasteiger partial charge < -0.3 is 5.11 Å². The molecule has 0 aliphatic rings. The Kier molecular flexibility index (Phi) is 3.97. The molecule has 0 aliphatic carbocycles. The third kappa shape index (κ3) is 2.67. The quantitative estimate of drug-likeness (QED) is 0.925. The molecule has 1 aromatic heterocycles. The van der Waals surface area contributed by atoms with Crippen molar-refractivity contribution in [2.45, 2.75) is 26.7 Å². The van der Waals surface area contributed by atoms with Crippen LogP contribution in [0.3, 0.4) is 0 Å². The highest BCUT2D eigenvalue weighted by Gasteiger charge is 2.13. The lowest BCUT2D eigenvalue weighted by atomic mass is 9.98. The fourth-order valence-electron chi connectivity index (χ4n) is 2.22. The molecule has 0 saturated carbocycles. The van der Waals surface area contributed by atoms with Crippen LogP contribution < -0.4 is 0 Å². The maximum Gasteiger partial charge on any atom is 0.303 e. The van der Waals surface area contributed by atoms with Crippen molar-refractivity contribution in [3.63, 3.8) is 0 Å². The second-order valence-electron chi connectivity index (χ2n) is 4.45. The Morgan fingerprint density at radius 3 is 2.63 bits per heavy atom. The number of pyridine rings is 1. The van der Waals surface area contributed by atoms with Gasteiger partial charge in [-0.05, 0) is 37.5 Å². The zero-order valence-electron chi connectivity index (χ0n) is 10.6. The SMILES string of the molecule is Cc1nc2c(Cl)c(Cl)ccc2c(C)c1CCC(=O)O. The molecule has 0 bridgehead atoms. The molecule has 2 aromatic rings. The van der Waals surface area contributed by atoms with Crippen LogP contribution in [0.15, 0.2) is 12.1 Å². The maximum absolute atomic E-state index is 10.7. The summed E-state index contributed by atoms with van der Waals surface area (Å²) in [6.07, 6.45) is 0.562. The predicted molar refractivity (Wildman–Crippen MR) is 77.2 cm³/mol. The molecule has 1 N–H and O–H groups in total. The Bertz CT molecular complexity index is 668. The molecule has 0 atom stereocenters. The van der Waals surface area contributed by atoms with E-state index in [1.54, 1.807) is 6.07 Å². The molecule has 100 valence electrons. The number of rotatable bonds is 3. The van der Waals surface area contributed by atoms with Crippen LogP contribution in [-0.4, -0.2) is 16.1 Å². The molecule has 5 heteroatoms. The number of aryl methyl sites for hydroxylation is 2. The third-order valence-electron chi connectivity index (χ3n) is 3.23. The van der Waals surface area contributed by atoms with E-state index in [1.165, 1.54) is 0 Å². The molecule has 0 unspecified atom stereocenters. The average molecular weight is 298 g/mol. The summed E-state index contributed by atoms with van der Waals surface area (Å²) in [6.45, 7) is 3.82. The van der Waals surface area contributed by atoms with Gasteiger partial charge in [-0.1, -0.05) is 29.3 Å². The van der Waals surface area contributed by atoms with Crippen LogP contribution in [0.25, 0.3) is 10.9 Å². The van der Waals surface area contributed by atoms with Crippen molar-refractivity contribution in [3.05, 3.63) is 39.0 Å². The number of benzene rings is 1. The van der Waals surface area contributed by atoms with Gasteiger partial charge in [0.25, 0.3) is 0 Å². The van der Waals surface area contributed by atoms with Crippen molar-refractivity contribution < 1.29 is 9.90 Å². The second kappa shape index (κ2) is 5.35. The highest BCUT2D eigenvalue weighted by molar-refractivity contribution is 6.45. The third-order valence-corrected chi connectivity index (χ3v) is 4.03. The zero-order chi connectivity index (χ0) is 14.2. The summed E-state index contributed by atoms with van der Waals surface area (Å²) in [5.41, 5.74) is 3.45. The Balaban J connectivity index is 2.62. The first-order valence-electron chi connectivity index (χ1n) is 5.87. The molecular weight excluding hydrogens is 285 g/mol. The molecule has 0 saturated heterocycles. The summed E-state index contributed by atoms with van der Waals surface area (Å²) in [6, 6.07) is 3.60. The minimum atomic E-state index is -0.812. The molecule has 0 radical (unpaired) electrons. The molecule has 0 aliphatic heterocycles. The second-order valence-corrected chi connectivity index (χ2v) is 5.24. The van der Waals surface area contributed by atoms with E-state index in [-0.39, 0.29) is 6.42 Å². The number of carbonyl (C=O) groups is 1. The first-order valence-corrected chi connectivity index (χ1v) is 6.63. The van der Waals surface area contributed by atoms with Crippen molar-refractivity contribution in [2.24, 2.45) is 0 Å². The highest BCUT2D eigenvalue weighted by Crippen LogP contribution is 2.33. The summed E-state index contributed by atoms with van der Waals surface area (Å²) in [4.78, 5) is 15.2. The van der Waals surface area contributed by atoms with E-state index in [0.717, 1.165) is 22.2 Å². The van der Waals surface area contributed by atoms with Gasteiger partial charge in [-0.2, -0.15) is 0 Å². The molecule has 1 aromatic carbocycles. The largest absolute Gasteiger partial charge is 0.481 e. The maximum atomic E-state index is 10.7. The van der Waals surface area contributed by atoms with E-state index < -0.39 is 5.97 Å². The molecule has 3 nitrogen and oxygen atoms in total. The van der Waals surface area contributed by atoms with E-state index >= 15 is 0 Å². The van der Waals surface area contributed by atoms with Gasteiger partial charge in [-0.15, -0.1) is 0 Å². The van der Waals surface area contributed by atoms with Crippen LogP contribution in [-0.2, 0) is 11.2 Å². The Morgan fingerprint density at radius 1 is 1.32 bits per heavy atom. The van der Waals surface area contributed by atoms with E-state index in [4.69, 9.17) is 28.3 Å². The zero-order valence-corrected chi connectivity index (χ0v) is 12.1. The van der Waals surface area contributed by atoms with Crippen molar-refractivity contribution in [3.8, 4) is 0 Å². The van der Waals surface area contributed by atoms with Crippen LogP contribution in [0.1, 0.15) is 23.2 Å². The fourth-order valence-corrected chi connectivity index (χ4v) is 2.58. The fraction of sp³-hybridized carbons (Fsp3) is 0.286. The molecule has 1 heterocycles. The predicted octanol–water partition coefficient (Wildman–Crippen LogP) is 4.18. The Hall–Kier alpha value is -1.32. The monoisotopic (exact) mass is 297 g/mol. The Morgan fingerprint density at radius 2 is 2.00 bits per heavy atom. The number of fused-ring (bicyclic) bond motifs is 1. The normalized spacial score (nSPS) is 10.9. The molecule has 0 fully saturated rings. The minimum absolute atomic E-state index is 0.0934. The van der Waals surface area contributed by atoms with E-state index in [2.05, 4.69) is 4.98 Å². The van der Waals surface area contributed by atoms with Crippen molar-refractivity contribution >= 4 is 40.1 Å². The molecular formula is C14H13Cl2NO2. The van der Waals surface area contributed by atoms with Crippen molar-refractivity contribution in [2.75, 3.05) is 0 Å². The van der Waals surface area contributed by atoms with Gasteiger partial charge in [0.2, 0.25) is 0 Å². The van der Waals surface area contributed by atoms with Gasteiger partial charge in [-0.25, -0.2) is 0 Å². The van der Waals surface area contributed by atoms with Crippen molar-refractivity contribution in [1.29, 1.82) is 0 Å². The lowest BCUT2D eigenvalue weighted by molar-refractivity contribution is -0.136. The van der Waals surface area contributed by atoms with Gasteiger partial charge >= 0.3 is 5.97 Å². The standard InChI is InChI=1S/C14H13Cl2NO2/c1-7-9(4-6-12(18)19)8(2)17-14-10(7)3-5-11(15)13(14)16/h3,5H,4,6H2,1-2H3,(H,18,19). The number of halogens is 2. The molecule has 0 amide bonds. The van der Waals surface area contributed by atoms with Gasteiger partial charge in [0.05, 0.1) is 15.6 Å². The number of hydrogen-bond donors (Lipinski definition) is 1. The summed E-state index contributed by atoms with van der Waals surface area (Å²) in [5.74, 6) is -0.812. The summed E-state index contributed by atoms with van der Waals surface area (Å²) in [7, 11) is 0. The lowest BCUT2D eigenvalue weighted by Gasteiger charge is -2.13. The minimum Gasteiger partial charge on any atom is -0.481 e. The first kappa shape index (κ1) is 14.1. The average Bonchev–Trinajstić information content (AvgIpc) is 2.34. The number of aromatic nitrogens is 1. The number of aliphatic carboxylic acids is 1. The van der Waals surface area contributed by atoms with Crippen LogP contribution in [0.4, 0.5) is 0 Å². The first-order chi connectivity index (χ1) is 8.91. The van der Waals surface area contributed by atoms with Gasteiger partial charge in [-0.3, -0.25) is 9.78 Å². The molecule has 19 heavy (non-hydrogen) atoms. The topological polar surface area (TPSA) is 50.2 Å². The van der Waals surface area contributed by atoms with Crippen LogP contribution >= 0.6 is 23.2 Å². The van der Waals surface area contributed by atoms with Gasteiger partial charge in [0.15, 0.2) is 0 Å². The highest BCUT2D eigenvalue weighted by atomic mass is 35.5. The number of carboxylic acid groups (broad SMARTS) is 1. The van der Waals surface area contributed by atoms with Crippen LogP contribution in [0.5, 0.6) is 0 Å². The van der Waals surface area contributed by atoms with Crippen LogP contribution in [0, 0.1) is 13.8 Å². The van der Waals surface area contributed by atoms with Crippen LogP contribution in [0.2, 0.25) is 10.0 Å². The van der Waals surface area contributed by atoms with Gasteiger partial charge in [0, 0.05) is 17.5 Å². The van der Waals surface area contributed by atoms with Crippen molar-refractivity contribution in [1.82, 2.24) is 4.98 Å². The molecule has 2 rings (SSSR count). The summed E-state index contributed by atoms with van der Waals surface area (Å²) >= 11 is 12.1. The Labute approximate surface area is 121 Å². The number of hydrogen-bond acceptors (Lipinski definition) is 2. The smallest absolute Gasteiger partial charge is 0.303 e. The summed E-state index contributed by atoms with van der Waals surface area (Å²) in [5, 5.41) is 10.6. The van der Waals surface area contributed by atoms with Gasteiger partial charge in [0.1, 0.15) is 0 Å². The van der Waals surface area contributed by atoms with E-state index in [0.29, 0.717) is 22.0 Å². The summed E-state index contributed by atoms with van der Waals surface area (Å²) < 4.78 is 0. The molecule has 0 spiro atoms. The number of carboxylic acids is 1. The number of nitrogens with zero attached hydrogens (tertiary/aromatic N) is 1. The van der Waals surface area contributed by atoms with E-state index in [1.807, 2.05) is 19.9 Å². The lowest BCUT2D eigenvalue weighted by Crippen LogP contribution is -2.03. The van der Waals surface area contributed by atoms with E-state index in [9.17, 15) is 4.79 Å².